The Balaban J connectivity index is 1.80. The molecule has 2 heterocycles. The summed E-state index contributed by atoms with van der Waals surface area (Å²) in [6, 6.07) is 20.3. The summed E-state index contributed by atoms with van der Waals surface area (Å²) in [5.74, 6) is -1.81. The molecule has 6 nitrogen and oxygen atoms in total. The maximum absolute atomic E-state index is 14.1. The molecule has 4 atom stereocenters. The summed E-state index contributed by atoms with van der Waals surface area (Å²) in [7, 11) is 1.54. The molecule has 1 amide bonds. The number of benzene rings is 3. The van der Waals surface area contributed by atoms with Crippen LogP contribution in [0.3, 0.4) is 0 Å². The molecule has 2 aliphatic rings. The highest BCUT2D eigenvalue weighted by atomic mass is 19.1. The summed E-state index contributed by atoms with van der Waals surface area (Å²) in [5, 5.41) is 10.5. The first-order chi connectivity index (χ1) is 16.9. The first kappa shape index (κ1) is 22.4. The summed E-state index contributed by atoms with van der Waals surface area (Å²) in [6.07, 6.45) is 3.35. The Labute approximate surface area is 202 Å². The zero-order valence-corrected chi connectivity index (χ0v) is 18.9. The van der Waals surface area contributed by atoms with Crippen molar-refractivity contribution in [2.24, 2.45) is 11.1 Å². The Morgan fingerprint density at radius 3 is 2.43 bits per heavy atom. The highest BCUT2D eigenvalue weighted by Gasteiger charge is 2.65. The van der Waals surface area contributed by atoms with E-state index in [2.05, 4.69) is 6.07 Å². The zero-order valence-electron chi connectivity index (χ0n) is 18.9. The molecule has 3 aromatic carbocycles. The van der Waals surface area contributed by atoms with Gasteiger partial charge >= 0.3 is 0 Å². The van der Waals surface area contributed by atoms with E-state index in [-0.39, 0.29) is 5.78 Å². The molecule has 0 spiro atoms. The molecule has 3 aromatic rings. The van der Waals surface area contributed by atoms with Gasteiger partial charge in [0.05, 0.1) is 19.2 Å². The topological polar surface area (TPSA) is 96.4 Å². The van der Waals surface area contributed by atoms with Crippen molar-refractivity contribution >= 4 is 23.5 Å². The van der Waals surface area contributed by atoms with Gasteiger partial charge in [0.1, 0.15) is 17.6 Å². The third kappa shape index (κ3) is 3.29. The number of nitriles is 1. The lowest BCUT2D eigenvalue weighted by Gasteiger charge is -2.36. The number of halogens is 1. The predicted molar refractivity (Wildman–Crippen MR) is 129 cm³/mol. The molecular weight excluding hydrogens is 445 g/mol. The lowest BCUT2D eigenvalue weighted by molar-refractivity contribution is -0.125. The number of ether oxygens (including phenoxy) is 1. The molecule has 0 bridgehead atoms. The Morgan fingerprint density at radius 1 is 1.09 bits per heavy atom. The van der Waals surface area contributed by atoms with Crippen LogP contribution >= 0.6 is 0 Å². The number of methoxy groups -OCH3 is 1. The van der Waals surface area contributed by atoms with Crippen molar-refractivity contribution in [2.75, 3.05) is 12.0 Å². The maximum Gasteiger partial charge on any atom is 0.241 e. The number of Topliss-reactive ketones (excluding diaryl/α,β-unsaturated/α-hetero) is 1. The van der Waals surface area contributed by atoms with Crippen LogP contribution in [0.1, 0.15) is 27.4 Å². The second kappa shape index (κ2) is 8.41. The number of nitrogens with two attached hydrogens (primary N) is 1. The molecule has 0 radical (unpaired) electrons. The molecule has 0 aromatic heterocycles. The van der Waals surface area contributed by atoms with Crippen molar-refractivity contribution in [2.45, 2.75) is 18.0 Å². The van der Waals surface area contributed by atoms with E-state index >= 15 is 0 Å². The van der Waals surface area contributed by atoms with Crippen LogP contribution in [0.5, 0.6) is 5.75 Å². The van der Waals surface area contributed by atoms with Crippen LogP contribution in [0.15, 0.2) is 78.9 Å². The number of anilines is 1. The minimum absolute atomic E-state index is 0.264. The minimum Gasteiger partial charge on any atom is -0.497 e. The van der Waals surface area contributed by atoms with E-state index in [1.807, 2.05) is 0 Å². The number of carbonyl (C=O) groups excluding carboxylic acids is 2. The van der Waals surface area contributed by atoms with Gasteiger partial charge in [0.2, 0.25) is 5.91 Å². The van der Waals surface area contributed by atoms with E-state index in [0.29, 0.717) is 28.1 Å². The first-order valence-electron chi connectivity index (χ1n) is 11.1. The number of nitrogens with zero attached hydrogens (tertiary/aromatic N) is 2. The van der Waals surface area contributed by atoms with Gasteiger partial charge in [-0.3, -0.25) is 9.59 Å². The number of hydrogen-bond donors (Lipinski definition) is 1. The Morgan fingerprint density at radius 2 is 1.80 bits per heavy atom. The summed E-state index contributed by atoms with van der Waals surface area (Å²) < 4.78 is 19.3. The molecule has 0 aliphatic carbocycles. The van der Waals surface area contributed by atoms with E-state index in [1.54, 1.807) is 77.7 Å². The molecule has 0 saturated carbocycles. The average molecular weight is 468 g/mol. The van der Waals surface area contributed by atoms with Gasteiger partial charge in [0.25, 0.3) is 0 Å². The monoisotopic (exact) mass is 467 g/mol. The fraction of sp³-hybridized carbons (Fsp3) is 0.179. The number of primary amides is 1. The van der Waals surface area contributed by atoms with Crippen LogP contribution in [-0.2, 0) is 4.79 Å². The smallest absolute Gasteiger partial charge is 0.241 e. The highest BCUT2D eigenvalue weighted by molar-refractivity contribution is 6.06. The largest absolute Gasteiger partial charge is 0.497 e. The first-order valence-corrected chi connectivity index (χ1v) is 11.1. The summed E-state index contributed by atoms with van der Waals surface area (Å²) in [4.78, 5) is 29.0. The lowest BCUT2D eigenvalue weighted by atomic mass is 9.67. The minimum atomic E-state index is -1.76. The van der Waals surface area contributed by atoms with Crippen molar-refractivity contribution < 1.29 is 18.7 Å². The van der Waals surface area contributed by atoms with Crippen LogP contribution in [0.2, 0.25) is 0 Å². The molecule has 5 rings (SSSR count). The number of fused-ring (bicyclic) bond motifs is 3. The van der Waals surface area contributed by atoms with Crippen molar-refractivity contribution in [3.8, 4) is 11.8 Å². The molecule has 2 N–H and O–H groups in total. The van der Waals surface area contributed by atoms with Crippen molar-refractivity contribution in [1.29, 1.82) is 5.26 Å². The number of rotatable bonds is 5. The van der Waals surface area contributed by atoms with Crippen LogP contribution < -0.4 is 15.4 Å². The molecule has 174 valence electrons. The Bertz CT molecular complexity index is 1380. The van der Waals surface area contributed by atoms with Crippen molar-refractivity contribution in [1.82, 2.24) is 0 Å². The fourth-order valence-corrected chi connectivity index (χ4v) is 5.42. The molecule has 7 heteroatoms. The van der Waals surface area contributed by atoms with E-state index in [1.165, 1.54) is 19.2 Å². The number of carbonyl (C=O) groups is 2. The summed E-state index contributed by atoms with van der Waals surface area (Å²) in [5.41, 5.74) is 6.36. The standard InChI is InChI=1S/C28H22FN3O3/c1-35-21-11-7-17(8-12-21)24-25(26(33)18-5-3-2-4-6-18)32-22-13-10-20(29)15-19(22)9-14-23(32)28(24,16-30)27(31)34/h2-15,23-25H,1H3,(H2,31,34)/t23-,24-,25+,28-/m1/s1. The van der Waals surface area contributed by atoms with Crippen LogP contribution in [0.25, 0.3) is 6.08 Å². The molecule has 35 heavy (non-hydrogen) atoms. The molecule has 1 saturated heterocycles. The quantitative estimate of drug-likeness (QED) is 0.571. The molecule has 1 fully saturated rings. The molecular formula is C28H22FN3O3. The normalized spacial score (nSPS) is 24.3. The SMILES string of the molecule is COc1ccc([C@@H]2[C@@H](C(=O)c3ccccc3)N3c4ccc(F)cc4C=C[C@@H]3[C@@]2(C#N)C(N)=O)cc1. The van der Waals surface area contributed by atoms with Gasteiger partial charge in [-0.05, 0) is 35.9 Å². The van der Waals surface area contributed by atoms with E-state index < -0.39 is 35.1 Å². The predicted octanol–water partition coefficient (Wildman–Crippen LogP) is 4.08. The van der Waals surface area contributed by atoms with E-state index in [0.717, 1.165) is 0 Å². The van der Waals surface area contributed by atoms with E-state index in [4.69, 9.17) is 10.5 Å². The number of amides is 1. The Kier molecular flexibility index (Phi) is 5.37. The lowest BCUT2D eigenvalue weighted by Crippen LogP contribution is -2.49. The van der Waals surface area contributed by atoms with Crippen LogP contribution in [0.4, 0.5) is 10.1 Å². The van der Waals surface area contributed by atoms with Gasteiger partial charge in [-0.2, -0.15) is 5.26 Å². The van der Waals surface area contributed by atoms with Gasteiger partial charge in [-0.1, -0.05) is 54.6 Å². The second-order valence-electron chi connectivity index (χ2n) is 8.69. The molecule has 2 aliphatic heterocycles. The van der Waals surface area contributed by atoms with Crippen LogP contribution in [-0.4, -0.2) is 30.9 Å². The average Bonchev–Trinajstić information content (AvgIpc) is 3.20. The van der Waals surface area contributed by atoms with Gasteiger partial charge in [0.15, 0.2) is 11.2 Å². The van der Waals surface area contributed by atoms with Gasteiger partial charge < -0.3 is 15.4 Å². The summed E-state index contributed by atoms with van der Waals surface area (Å²) >= 11 is 0. The van der Waals surface area contributed by atoms with Gasteiger partial charge in [-0.15, -0.1) is 0 Å². The van der Waals surface area contributed by atoms with Gasteiger partial charge in [0, 0.05) is 22.7 Å². The van der Waals surface area contributed by atoms with E-state index in [9.17, 15) is 19.2 Å². The zero-order chi connectivity index (χ0) is 24.7. The number of hydrogen-bond acceptors (Lipinski definition) is 5. The number of ketones is 1. The van der Waals surface area contributed by atoms with Crippen molar-refractivity contribution in [3.05, 3.63) is 101 Å². The Hall–Kier alpha value is -4.44. The fourth-order valence-electron chi connectivity index (χ4n) is 5.42. The maximum atomic E-state index is 14.1. The highest BCUT2D eigenvalue weighted by Crippen LogP contribution is 2.55. The van der Waals surface area contributed by atoms with Gasteiger partial charge in [-0.25, -0.2) is 4.39 Å². The second-order valence-corrected chi connectivity index (χ2v) is 8.69. The van der Waals surface area contributed by atoms with Crippen LogP contribution in [0, 0.1) is 22.6 Å². The summed E-state index contributed by atoms with van der Waals surface area (Å²) in [6.45, 7) is 0. The third-order valence-corrected chi connectivity index (χ3v) is 6.99. The van der Waals surface area contributed by atoms with Crippen molar-refractivity contribution in [3.63, 3.8) is 0 Å². The molecule has 0 unspecified atom stereocenters. The third-order valence-electron chi connectivity index (χ3n) is 6.99.